The maximum atomic E-state index is 10.6. The number of benzene rings is 1. The highest BCUT2D eigenvalue weighted by Crippen LogP contribution is 2.25. The molecule has 1 aromatic heterocycles. The number of aryl methyl sites for hydroxylation is 1. The molecule has 19 heavy (non-hydrogen) atoms. The molecule has 0 saturated heterocycles. The SMILES string of the molecule is Cc1cc([N+](=O)[O-])cnc1Oc1cccc(CO)c1. The fraction of sp³-hybridized carbons (Fsp3) is 0.154. The van der Waals surface area contributed by atoms with Crippen LogP contribution in [-0.2, 0) is 6.61 Å². The minimum atomic E-state index is -0.504. The average Bonchev–Trinajstić information content (AvgIpc) is 2.41. The smallest absolute Gasteiger partial charge is 0.288 e. The zero-order valence-electron chi connectivity index (χ0n) is 10.2. The first kappa shape index (κ1) is 13.0. The summed E-state index contributed by atoms with van der Waals surface area (Å²) in [6.07, 6.45) is 1.15. The standard InChI is InChI=1S/C13H12N2O4/c1-9-5-11(15(17)18)7-14-13(9)19-12-4-2-3-10(6-12)8-16/h2-7,16H,8H2,1H3. The van der Waals surface area contributed by atoms with Gasteiger partial charge in [-0.2, -0.15) is 0 Å². The van der Waals surface area contributed by atoms with E-state index in [1.54, 1.807) is 31.2 Å². The zero-order chi connectivity index (χ0) is 13.8. The summed E-state index contributed by atoms with van der Waals surface area (Å²) >= 11 is 0. The summed E-state index contributed by atoms with van der Waals surface area (Å²) in [7, 11) is 0. The van der Waals surface area contributed by atoms with E-state index in [4.69, 9.17) is 9.84 Å². The van der Waals surface area contributed by atoms with Crippen molar-refractivity contribution >= 4 is 5.69 Å². The van der Waals surface area contributed by atoms with E-state index in [1.807, 2.05) is 0 Å². The molecule has 2 rings (SSSR count). The molecule has 1 N–H and O–H groups in total. The van der Waals surface area contributed by atoms with Crippen LogP contribution in [0.5, 0.6) is 11.6 Å². The van der Waals surface area contributed by atoms with Crippen LogP contribution in [0.25, 0.3) is 0 Å². The Hall–Kier alpha value is -2.47. The molecule has 6 nitrogen and oxygen atoms in total. The van der Waals surface area contributed by atoms with E-state index in [0.29, 0.717) is 17.2 Å². The molecular formula is C13H12N2O4. The maximum Gasteiger partial charge on any atom is 0.288 e. The molecule has 98 valence electrons. The molecule has 0 aliphatic rings. The van der Waals surface area contributed by atoms with Crippen LogP contribution in [0.1, 0.15) is 11.1 Å². The molecule has 2 aromatic rings. The third-order valence-corrected chi connectivity index (χ3v) is 2.52. The Labute approximate surface area is 109 Å². The Morgan fingerprint density at radius 3 is 2.84 bits per heavy atom. The van der Waals surface area contributed by atoms with Crippen LogP contribution in [0.15, 0.2) is 36.5 Å². The Morgan fingerprint density at radius 1 is 1.42 bits per heavy atom. The minimum Gasteiger partial charge on any atom is -0.439 e. The Bertz CT molecular complexity index is 613. The second kappa shape index (κ2) is 5.45. The lowest BCUT2D eigenvalue weighted by Gasteiger charge is -2.08. The lowest BCUT2D eigenvalue weighted by atomic mass is 10.2. The Balaban J connectivity index is 2.25. The van der Waals surface area contributed by atoms with Crippen LogP contribution >= 0.6 is 0 Å². The van der Waals surface area contributed by atoms with Crippen LogP contribution in [0.2, 0.25) is 0 Å². The summed E-state index contributed by atoms with van der Waals surface area (Å²) in [5.41, 5.74) is 1.22. The van der Waals surface area contributed by atoms with Crippen molar-refractivity contribution in [1.29, 1.82) is 0 Å². The zero-order valence-corrected chi connectivity index (χ0v) is 10.2. The highest BCUT2D eigenvalue weighted by Gasteiger charge is 2.11. The van der Waals surface area contributed by atoms with E-state index >= 15 is 0 Å². The second-order valence-corrected chi connectivity index (χ2v) is 3.98. The summed E-state index contributed by atoms with van der Waals surface area (Å²) in [5, 5.41) is 19.6. The van der Waals surface area contributed by atoms with Gasteiger partial charge in [0.2, 0.25) is 5.88 Å². The van der Waals surface area contributed by atoms with Crippen LogP contribution in [0, 0.1) is 17.0 Å². The third kappa shape index (κ3) is 3.05. The normalized spacial score (nSPS) is 10.2. The van der Waals surface area contributed by atoms with Gasteiger partial charge in [0, 0.05) is 11.6 Å². The molecule has 0 radical (unpaired) electrons. The first-order valence-corrected chi connectivity index (χ1v) is 5.59. The van der Waals surface area contributed by atoms with Crippen LogP contribution < -0.4 is 4.74 Å². The van der Waals surface area contributed by atoms with Crippen molar-refractivity contribution < 1.29 is 14.8 Å². The molecule has 1 heterocycles. The fourth-order valence-electron chi connectivity index (χ4n) is 1.57. The van der Waals surface area contributed by atoms with E-state index in [-0.39, 0.29) is 12.3 Å². The van der Waals surface area contributed by atoms with Crippen molar-refractivity contribution in [2.24, 2.45) is 0 Å². The Kier molecular flexibility index (Phi) is 3.72. The molecule has 1 aromatic carbocycles. The molecule has 0 aliphatic carbocycles. The topological polar surface area (TPSA) is 85.5 Å². The number of aliphatic hydroxyl groups excluding tert-OH is 1. The van der Waals surface area contributed by atoms with Crippen molar-refractivity contribution in [3.8, 4) is 11.6 Å². The van der Waals surface area contributed by atoms with Gasteiger partial charge >= 0.3 is 0 Å². The first-order valence-electron chi connectivity index (χ1n) is 5.59. The van der Waals surface area contributed by atoms with Crippen molar-refractivity contribution in [1.82, 2.24) is 4.98 Å². The fourth-order valence-corrected chi connectivity index (χ4v) is 1.57. The van der Waals surface area contributed by atoms with Crippen LogP contribution in [0.3, 0.4) is 0 Å². The molecule has 0 aliphatic heterocycles. The predicted molar refractivity (Wildman–Crippen MR) is 68.1 cm³/mol. The molecule has 0 atom stereocenters. The summed E-state index contributed by atoms with van der Waals surface area (Å²) in [4.78, 5) is 14.0. The van der Waals surface area contributed by atoms with Gasteiger partial charge in [0.15, 0.2) is 0 Å². The van der Waals surface area contributed by atoms with Crippen molar-refractivity contribution in [3.05, 3.63) is 57.8 Å². The molecule has 0 unspecified atom stereocenters. The number of aliphatic hydroxyl groups is 1. The lowest BCUT2D eigenvalue weighted by Crippen LogP contribution is -1.95. The molecule has 0 bridgehead atoms. The number of pyridine rings is 1. The Morgan fingerprint density at radius 2 is 2.21 bits per heavy atom. The van der Waals surface area contributed by atoms with E-state index in [1.165, 1.54) is 6.07 Å². The van der Waals surface area contributed by atoms with Crippen molar-refractivity contribution in [2.75, 3.05) is 0 Å². The van der Waals surface area contributed by atoms with Gasteiger partial charge in [0.05, 0.1) is 11.5 Å². The van der Waals surface area contributed by atoms with E-state index < -0.39 is 4.92 Å². The number of ether oxygens (including phenoxy) is 1. The molecule has 0 saturated carbocycles. The molecular weight excluding hydrogens is 248 g/mol. The van der Waals surface area contributed by atoms with Gasteiger partial charge in [-0.15, -0.1) is 0 Å². The van der Waals surface area contributed by atoms with Gasteiger partial charge in [0.25, 0.3) is 5.69 Å². The van der Waals surface area contributed by atoms with E-state index in [0.717, 1.165) is 11.8 Å². The van der Waals surface area contributed by atoms with E-state index in [9.17, 15) is 10.1 Å². The predicted octanol–water partition coefficient (Wildman–Crippen LogP) is 2.58. The quantitative estimate of drug-likeness (QED) is 0.674. The van der Waals surface area contributed by atoms with Gasteiger partial charge in [0.1, 0.15) is 11.9 Å². The number of hydrogen-bond donors (Lipinski definition) is 1. The summed E-state index contributed by atoms with van der Waals surface area (Å²) < 4.78 is 5.54. The van der Waals surface area contributed by atoms with Gasteiger partial charge < -0.3 is 9.84 Å². The monoisotopic (exact) mass is 260 g/mol. The van der Waals surface area contributed by atoms with Gasteiger partial charge in [-0.05, 0) is 24.6 Å². The highest BCUT2D eigenvalue weighted by atomic mass is 16.6. The van der Waals surface area contributed by atoms with E-state index in [2.05, 4.69) is 4.98 Å². The number of nitrogens with zero attached hydrogens (tertiary/aromatic N) is 2. The van der Waals surface area contributed by atoms with Crippen LogP contribution in [-0.4, -0.2) is 15.0 Å². The van der Waals surface area contributed by atoms with Gasteiger partial charge in [-0.3, -0.25) is 10.1 Å². The first-order chi connectivity index (χ1) is 9.10. The second-order valence-electron chi connectivity index (χ2n) is 3.98. The molecule has 6 heteroatoms. The highest BCUT2D eigenvalue weighted by molar-refractivity contribution is 5.39. The van der Waals surface area contributed by atoms with Crippen molar-refractivity contribution in [2.45, 2.75) is 13.5 Å². The van der Waals surface area contributed by atoms with Crippen molar-refractivity contribution in [3.63, 3.8) is 0 Å². The number of nitro groups is 1. The molecule has 0 amide bonds. The number of rotatable bonds is 4. The molecule has 0 fully saturated rings. The summed E-state index contributed by atoms with van der Waals surface area (Å²) in [6, 6.07) is 8.33. The maximum absolute atomic E-state index is 10.6. The molecule has 0 spiro atoms. The van der Waals surface area contributed by atoms with Crippen LogP contribution in [0.4, 0.5) is 5.69 Å². The summed E-state index contributed by atoms with van der Waals surface area (Å²) in [6.45, 7) is 1.61. The van der Waals surface area contributed by atoms with Gasteiger partial charge in [-0.1, -0.05) is 12.1 Å². The number of aromatic nitrogens is 1. The van der Waals surface area contributed by atoms with Gasteiger partial charge in [-0.25, -0.2) is 4.98 Å². The minimum absolute atomic E-state index is 0.0750. The third-order valence-electron chi connectivity index (χ3n) is 2.52. The number of hydrogen-bond acceptors (Lipinski definition) is 5. The average molecular weight is 260 g/mol. The largest absolute Gasteiger partial charge is 0.439 e. The lowest BCUT2D eigenvalue weighted by molar-refractivity contribution is -0.385. The summed E-state index contributed by atoms with van der Waals surface area (Å²) in [5.74, 6) is 0.830.